The van der Waals surface area contributed by atoms with E-state index in [2.05, 4.69) is 10.5 Å². The maximum Gasteiger partial charge on any atom is 0.271 e. The second kappa shape index (κ2) is 5.11. The number of nitrogens with zero attached hydrogens (tertiary/aromatic N) is 1. The van der Waals surface area contributed by atoms with Crippen LogP contribution in [0.5, 0.6) is 0 Å². The van der Waals surface area contributed by atoms with Crippen molar-refractivity contribution in [3.63, 3.8) is 0 Å². The van der Waals surface area contributed by atoms with Gasteiger partial charge >= 0.3 is 0 Å². The molecule has 1 aromatic rings. The number of fused-ring (bicyclic) bond motifs is 2. The summed E-state index contributed by atoms with van der Waals surface area (Å²) in [5.41, 5.74) is 2.77. The quantitative estimate of drug-likeness (QED) is 0.659. The fourth-order valence-corrected chi connectivity index (χ4v) is 3.36. The standard InChI is InChI=1S/C15H17FN2O/c16-14-3-1-2-12(8-14)15(19)18-17-9-13-7-10-4-5-11(13)6-10/h1-3,8-11,13H,4-7H2,(H,18,19)/b17-9+. The molecule has 1 aromatic carbocycles. The number of rotatable bonds is 3. The molecule has 0 aromatic heterocycles. The highest BCUT2D eigenvalue weighted by Crippen LogP contribution is 2.47. The van der Waals surface area contributed by atoms with Crippen molar-refractivity contribution in [1.29, 1.82) is 0 Å². The smallest absolute Gasteiger partial charge is 0.267 e. The van der Waals surface area contributed by atoms with Gasteiger partial charge in [0.2, 0.25) is 0 Å². The van der Waals surface area contributed by atoms with Crippen LogP contribution in [0, 0.1) is 23.6 Å². The molecule has 3 nitrogen and oxygen atoms in total. The van der Waals surface area contributed by atoms with Crippen LogP contribution in [0.15, 0.2) is 29.4 Å². The first-order chi connectivity index (χ1) is 9.22. The zero-order valence-corrected chi connectivity index (χ0v) is 10.7. The van der Waals surface area contributed by atoms with Crippen LogP contribution in [0.25, 0.3) is 0 Å². The summed E-state index contributed by atoms with van der Waals surface area (Å²) < 4.78 is 13.0. The SMILES string of the molecule is O=C(N/N=C/C1CC2CCC1C2)c1cccc(F)c1. The summed E-state index contributed by atoms with van der Waals surface area (Å²) in [6.45, 7) is 0. The molecule has 3 rings (SSSR count). The van der Waals surface area contributed by atoms with Gasteiger partial charge in [-0.25, -0.2) is 9.82 Å². The van der Waals surface area contributed by atoms with Crippen LogP contribution in [-0.4, -0.2) is 12.1 Å². The molecule has 4 heteroatoms. The second-order valence-corrected chi connectivity index (χ2v) is 5.57. The third-order valence-corrected chi connectivity index (χ3v) is 4.31. The van der Waals surface area contributed by atoms with E-state index in [4.69, 9.17) is 0 Å². The number of carbonyl (C=O) groups excluding carboxylic acids is 1. The van der Waals surface area contributed by atoms with E-state index in [0.29, 0.717) is 11.5 Å². The highest BCUT2D eigenvalue weighted by molar-refractivity contribution is 5.94. The van der Waals surface area contributed by atoms with Crippen molar-refractivity contribution in [2.24, 2.45) is 22.9 Å². The molecule has 3 atom stereocenters. The van der Waals surface area contributed by atoms with Crippen molar-refractivity contribution < 1.29 is 9.18 Å². The average molecular weight is 260 g/mol. The fraction of sp³-hybridized carbons (Fsp3) is 0.467. The number of amides is 1. The normalized spacial score (nSPS) is 29.0. The van der Waals surface area contributed by atoms with Crippen molar-refractivity contribution >= 4 is 12.1 Å². The maximum atomic E-state index is 13.0. The second-order valence-electron chi connectivity index (χ2n) is 5.57. The number of benzene rings is 1. The van der Waals surface area contributed by atoms with Crippen LogP contribution in [-0.2, 0) is 0 Å². The number of hydrogen-bond acceptors (Lipinski definition) is 2. The molecule has 0 aliphatic heterocycles. The highest BCUT2D eigenvalue weighted by atomic mass is 19.1. The lowest BCUT2D eigenvalue weighted by atomic mass is 9.90. The van der Waals surface area contributed by atoms with E-state index in [1.165, 1.54) is 43.9 Å². The monoisotopic (exact) mass is 260 g/mol. The minimum atomic E-state index is -0.412. The molecule has 0 saturated heterocycles. The van der Waals surface area contributed by atoms with E-state index in [1.54, 1.807) is 6.07 Å². The Morgan fingerprint density at radius 2 is 2.26 bits per heavy atom. The Morgan fingerprint density at radius 1 is 1.37 bits per heavy atom. The predicted molar refractivity (Wildman–Crippen MR) is 71.3 cm³/mol. The fourth-order valence-electron chi connectivity index (χ4n) is 3.36. The first-order valence-corrected chi connectivity index (χ1v) is 6.81. The third-order valence-electron chi connectivity index (χ3n) is 4.31. The Hall–Kier alpha value is -1.71. The van der Waals surface area contributed by atoms with Crippen molar-refractivity contribution in [3.8, 4) is 0 Å². The van der Waals surface area contributed by atoms with Gasteiger partial charge in [-0.05, 0) is 55.2 Å². The van der Waals surface area contributed by atoms with Crippen molar-refractivity contribution in [1.82, 2.24) is 5.43 Å². The van der Waals surface area contributed by atoms with Crippen LogP contribution in [0.4, 0.5) is 4.39 Å². The number of hydrogen-bond donors (Lipinski definition) is 1. The van der Waals surface area contributed by atoms with Gasteiger partial charge in [0.15, 0.2) is 0 Å². The van der Waals surface area contributed by atoms with Gasteiger partial charge in [0, 0.05) is 11.8 Å². The molecule has 2 bridgehead atoms. The molecule has 3 unspecified atom stereocenters. The molecule has 2 fully saturated rings. The third kappa shape index (κ3) is 2.67. The lowest BCUT2D eigenvalue weighted by molar-refractivity contribution is 0.0954. The van der Waals surface area contributed by atoms with Crippen molar-refractivity contribution in [2.75, 3.05) is 0 Å². The molecule has 0 spiro atoms. The molecule has 0 radical (unpaired) electrons. The largest absolute Gasteiger partial charge is 0.271 e. The molecule has 2 aliphatic rings. The van der Waals surface area contributed by atoms with E-state index < -0.39 is 5.82 Å². The summed E-state index contributed by atoms with van der Waals surface area (Å²) >= 11 is 0. The van der Waals surface area contributed by atoms with Crippen LogP contribution < -0.4 is 5.43 Å². The lowest BCUT2D eigenvalue weighted by Crippen LogP contribution is -2.20. The zero-order valence-electron chi connectivity index (χ0n) is 10.7. The maximum absolute atomic E-state index is 13.0. The molecular weight excluding hydrogens is 243 g/mol. The Bertz CT molecular complexity index is 515. The molecule has 100 valence electrons. The topological polar surface area (TPSA) is 41.5 Å². The van der Waals surface area contributed by atoms with E-state index in [-0.39, 0.29) is 5.91 Å². The van der Waals surface area contributed by atoms with Crippen molar-refractivity contribution in [2.45, 2.75) is 25.7 Å². The number of halogens is 1. The van der Waals surface area contributed by atoms with E-state index in [1.807, 2.05) is 6.21 Å². The van der Waals surface area contributed by atoms with Crippen LogP contribution >= 0.6 is 0 Å². The van der Waals surface area contributed by atoms with Gasteiger partial charge in [0.05, 0.1) is 0 Å². The van der Waals surface area contributed by atoms with E-state index in [9.17, 15) is 9.18 Å². The summed E-state index contributed by atoms with van der Waals surface area (Å²) in [6.07, 6.45) is 7.02. The summed E-state index contributed by atoms with van der Waals surface area (Å²) in [4.78, 5) is 11.7. The lowest BCUT2D eigenvalue weighted by Gasteiger charge is -2.16. The number of nitrogens with one attached hydrogen (secondary N) is 1. The average Bonchev–Trinajstić information content (AvgIpc) is 3.01. The van der Waals surface area contributed by atoms with Crippen LogP contribution in [0.1, 0.15) is 36.0 Å². The molecule has 1 N–H and O–H groups in total. The summed E-state index contributed by atoms with van der Waals surface area (Å²) in [5.74, 6) is 1.34. The molecule has 2 saturated carbocycles. The van der Waals surface area contributed by atoms with Gasteiger partial charge in [0.25, 0.3) is 5.91 Å². The van der Waals surface area contributed by atoms with Gasteiger partial charge in [-0.2, -0.15) is 5.10 Å². The molecule has 2 aliphatic carbocycles. The zero-order chi connectivity index (χ0) is 13.2. The predicted octanol–water partition coefficient (Wildman–Crippen LogP) is 2.98. The Balaban J connectivity index is 1.56. The first kappa shape index (κ1) is 12.3. The number of hydrazone groups is 1. The molecule has 0 heterocycles. The van der Waals surface area contributed by atoms with Gasteiger partial charge in [0.1, 0.15) is 5.82 Å². The van der Waals surface area contributed by atoms with Crippen LogP contribution in [0.3, 0.4) is 0 Å². The van der Waals surface area contributed by atoms with Gasteiger partial charge in [-0.1, -0.05) is 12.5 Å². The molecular formula is C15H17FN2O. The summed E-state index contributed by atoms with van der Waals surface area (Å²) in [5, 5.41) is 4.03. The minimum absolute atomic E-state index is 0.296. The van der Waals surface area contributed by atoms with E-state index in [0.717, 1.165) is 11.8 Å². The van der Waals surface area contributed by atoms with Crippen LogP contribution in [0.2, 0.25) is 0 Å². The Labute approximate surface area is 111 Å². The molecule has 19 heavy (non-hydrogen) atoms. The van der Waals surface area contributed by atoms with Gasteiger partial charge < -0.3 is 0 Å². The molecule has 1 amide bonds. The number of carbonyl (C=O) groups is 1. The minimum Gasteiger partial charge on any atom is -0.267 e. The van der Waals surface area contributed by atoms with Crippen molar-refractivity contribution in [3.05, 3.63) is 35.6 Å². The Kier molecular flexibility index (Phi) is 3.32. The van der Waals surface area contributed by atoms with E-state index >= 15 is 0 Å². The Morgan fingerprint density at radius 3 is 2.95 bits per heavy atom. The highest BCUT2D eigenvalue weighted by Gasteiger charge is 2.38. The summed E-state index contributed by atoms with van der Waals surface area (Å²) in [7, 11) is 0. The van der Waals surface area contributed by atoms with Gasteiger partial charge in [-0.15, -0.1) is 0 Å². The van der Waals surface area contributed by atoms with Gasteiger partial charge in [-0.3, -0.25) is 4.79 Å². The summed E-state index contributed by atoms with van der Waals surface area (Å²) in [6, 6.07) is 5.62. The first-order valence-electron chi connectivity index (χ1n) is 6.81.